The highest BCUT2D eigenvalue weighted by Crippen LogP contribution is 2.30. The molecule has 1 aromatic rings. The molecule has 1 aliphatic heterocycles. The molecule has 0 radical (unpaired) electrons. The van der Waals surface area contributed by atoms with Gasteiger partial charge < -0.3 is 15.4 Å². The van der Waals surface area contributed by atoms with Gasteiger partial charge >= 0.3 is 0 Å². The maximum atomic E-state index is 5.79. The second-order valence-corrected chi connectivity index (χ2v) is 5.55. The molecule has 2 N–H and O–H groups in total. The Hall–Kier alpha value is -1.22. The lowest BCUT2D eigenvalue weighted by Crippen LogP contribution is -2.29. The van der Waals surface area contributed by atoms with E-state index in [1.165, 1.54) is 18.4 Å². The van der Waals surface area contributed by atoms with Crippen LogP contribution in [0.3, 0.4) is 0 Å². The number of rotatable bonds is 6. The van der Waals surface area contributed by atoms with Crippen LogP contribution in [0.1, 0.15) is 39.2 Å². The Labute approximate surface area is 116 Å². The molecule has 3 heteroatoms. The lowest BCUT2D eigenvalue weighted by Gasteiger charge is -2.25. The summed E-state index contributed by atoms with van der Waals surface area (Å²) in [5, 5.41) is 7.00. The summed E-state index contributed by atoms with van der Waals surface area (Å²) in [6, 6.07) is 7.01. The van der Waals surface area contributed by atoms with E-state index in [0.29, 0.717) is 6.04 Å². The lowest BCUT2D eigenvalue weighted by molar-refractivity contribution is 0.226. The second-order valence-electron chi connectivity index (χ2n) is 5.55. The van der Waals surface area contributed by atoms with Crippen molar-refractivity contribution in [3.05, 3.63) is 23.8 Å². The van der Waals surface area contributed by atoms with E-state index in [2.05, 4.69) is 49.6 Å². The van der Waals surface area contributed by atoms with Crippen LogP contribution in [0.5, 0.6) is 5.75 Å². The Balaban J connectivity index is 1.91. The topological polar surface area (TPSA) is 33.3 Å². The fraction of sp³-hybridized carbons (Fsp3) is 0.625. The number of ether oxygens (including phenoxy) is 1. The van der Waals surface area contributed by atoms with Crippen LogP contribution in [0.25, 0.3) is 0 Å². The van der Waals surface area contributed by atoms with Crippen LogP contribution >= 0.6 is 0 Å². The van der Waals surface area contributed by atoms with Gasteiger partial charge in [0, 0.05) is 6.04 Å². The minimum Gasteiger partial charge on any atom is -0.487 e. The van der Waals surface area contributed by atoms with Crippen LogP contribution in [0.2, 0.25) is 0 Å². The standard InChI is InChI=1S/C16H26N2O/c1-4-5-8-17-12(2)9-14-6-7-16-15(10-14)18-11-13(3)19-16/h6-7,10,12-13,17-18H,4-5,8-9,11H2,1-3H3. The maximum absolute atomic E-state index is 5.79. The number of hydrogen-bond acceptors (Lipinski definition) is 3. The quantitative estimate of drug-likeness (QED) is 0.772. The molecule has 0 bridgehead atoms. The highest BCUT2D eigenvalue weighted by atomic mass is 16.5. The van der Waals surface area contributed by atoms with E-state index in [4.69, 9.17) is 4.74 Å². The lowest BCUT2D eigenvalue weighted by atomic mass is 10.0. The minimum atomic E-state index is 0.257. The summed E-state index contributed by atoms with van der Waals surface area (Å²) in [7, 11) is 0. The van der Waals surface area contributed by atoms with Crippen molar-refractivity contribution >= 4 is 5.69 Å². The van der Waals surface area contributed by atoms with Gasteiger partial charge in [0.25, 0.3) is 0 Å². The van der Waals surface area contributed by atoms with E-state index in [9.17, 15) is 0 Å². The molecule has 0 spiro atoms. The highest BCUT2D eigenvalue weighted by molar-refractivity contribution is 5.59. The number of anilines is 1. The third-order valence-electron chi connectivity index (χ3n) is 3.52. The largest absolute Gasteiger partial charge is 0.487 e. The Bertz CT molecular complexity index is 406. The molecule has 1 aromatic carbocycles. The zero-order chi connectivity index (χ0) is 13.7. The zero-order valence-electron chi connectivity index (χ0n) is 12.3. The first-order valence-electron chi connectivity index (χ1n) is 7.46. The fourth-order valence-corrected chi connectivity index (χ4v) is 2.41. The van der Waals surface area contributed by atoms with E-state index in [1.807, 2.05) is 0 Å². The third kappa shape index (κ3) is 4.13. The number of benzene rings is 1. The van der Waals surface area contributed by atoms with Crippen LogP contribution in [-0.2, 0) is 6.42 Å². The van der Waals surface area contributed by atoms with Crippen molar-refractivity contribution in [2.45, 2.75) is 52.2 Å². The van der Waals surface area contributed by atoms with Crippen molar-refractivity contribution < 1.29 is 4.74 Å². The van der Waals surface area contributed by atoms with E-state index in [0.717, 1.165) is 30.9 Å². The summed E-state index contributed by atoms with van der Waals surface area (Å²) < 4.78 is 5.79. The summed E-state index contributed by atoms with van der Waals surface area (Å²) in [5.41, 5.74) is 2.50. The van der Waals surface area contributed by atoms with Gasteiger partial charge in [0.05, 0.1) is 12.2 Å². The molecule has 0 aliphatic carbocycles. The molecule has 1 aliphatic rings. The van der Waals surface area contributed by atoms with Gasteiger partial charge in [0.2, 0.25) is 0 Å². The number of nitrogens with one attached hydrogen (secondary N) is 2. The van der Waals surface area contributed by atoms with E-state index < -0.39 is 0 Å². The molecule has 0 saturated carbocycles. The monoisotopic (exact) mass is 262 g/mol. The molecule has 3 nitrogen and oxygen atoms in total. The van der Waals surface area contributed by atoms with Gasteiger partial charge in [-0.25, -0.2) is 0 Å². The number of unbranched alkanes of at least 4 members (excludes halogenated alkanes) is 1. The van der Waals surface area contributed by atoms with Crippen molar-refractivity contribution in [2.24, 2.45) is 0 Å². The van der Waals surface area contributed by atoms with E-state index in [1.54, 1.807) is 0 Å². The van der Waals surface area contributed by atoms with Crippen molar-refractivity contribution in [3.63, 3.8) is 0 Å². The molecule has 0 fully saturated rings. The Kier molecular flexibility index (Phi) is 5.08. The number of hydrogen-bond donors (Lipinski definition) is 2. The average molecular weight is 262 g/mol. The van der Waals surface area contributed by atoms with Crippen molar-refractivity contribution in [1.29, 1.82) is 0 Å². The van der Waals surface area contributed by atoms with Gasteiger partial charge in [-0.15, -0.1) is 0 Å². The summed E-state index contributed by atoms with van der Waals surface area (Å²) in [6.07, 6.45) is 3.82. The van der Waals surface area contributed by atoms with Crippen molar-refractivity contribution in [3.8, 4) is 5.75 Å². The van der Waals surface area contributed by atoms with Crippen LogP contribution in [-0.4, -0.2) is 25.2 Å². The number of fused-ring (bicyclic) bond motifs is 1. The molecule has 19 heavy (non-hydrogen) atoms. The summed E-state index contributed by atoms with van der Waals surface area (Å²) in [5.74, 6) is 0.981. The average Bonchev–Trinajstić information content (AvgIpc) is 2.39. The maximum Gasteiger partial charge on any atom is 0.142 e. The smallest absolute Gasteiger partial charge is 0.142 e. The molecule has 106 valence electrons. The molecule has 0 aromatic heterocycles. The van der Waals surface area contributed by atoms with Crippen molar-refractivity contribution in [2.75, 3.05) is 18.4 Å². The molecular weight excluding hydrogens is 236 g/mol. The first kappa shape index (κ1) is 14.2. The predicted octanol–water partition coefficient (Wildman–Crippen LogP) is 3.20. The molecule has 1 heterocycles. The van der Waals surface area contributed by atoms with Crippen LogP contribution < -0.4 is 15.4 Å². The van der Waals surface area contributed by atoms with Gasteiger partial charge in [-0.05, 0) is 50.9 Å². The van der Waals surface area contributed by atoms with Crippen LogP contribution in [0.4, 0.5) is 5.69 Å². The highest BCUT2D eigenvalue weighted by Gasteiger charge is 2.15. The Morgan fingerprint density at radius 3 is 3.11 bits per heavy atom. The molecule has 2 unspecified atom stereocenters. The fourth-order valence-electron chi connectivity index (χ4n) is 2.41. The first-order chi connectivity index (χ1) is 9.19. The van der Waals surface area contributed by atoms with Gasteiger partial charge in [-0.1, -0.05) is 19.4 Å². The van der Waals surface area contributed by atoms with Crippen LogP contribution in [0.15, 0.2) is 18.2 Å². The van der Waals surface area contributed by atoms with Gasteiger partial charge in [0.1, 0.15) is 11.9 Å². The van der Waals surface area contributed by atoms with Gasteiger partial charge in [-0.2, -0.15) is 0 Å². The van der Waals surface area contributed by atoms with E-state index in [-0.39, 0.29) is 6.10 Å². The van der Waals surface area contributed by atoms with E-state index >= 15 is 0 Å². The predicted molar refractivity (Wildman–Crippen MR) is 81.1 cm³/mol. The van der Waals surface area contributed by atoms with Gasteiger partial charge in [0.15, 0.2) is 0 Å². The molecule has 2 atom stereocenters. The zero-order valence-corrected chi connectivity index (χ0v) is 12.3. The summed E-state index contributed by atoms with van der Waals surface area (Å²) in [4.78, 5) is 0. The first-order valence-corrected chi connectivity index (χ1v) is 7.46. The minimum absolute atomic E-state index is 0.257. The molecule has 2 rings (SSSR count). The summed E-state index contributed by atoms with van der Waals surface area (Å²) in [6.45, 7) is 8.56. The SMILES string of the molecule is CCCCNC(C)Cc1ccc2c(c1)NCC(C)O2. The molecular formula is C16H26N2O. The molecule has 0 saturated heterocycles. The van der Waals surface area contributed by atoms with Crippen molar-refractivity contribution in [1.82, 2.24) is 5.32 Å². The van der Waals surface area contributed by atoms with Gasteiger partial charge in [-0.3, -0.25) is 0 Å². The normalized spacial score (nSPS) is 19.2. The van der Waals surface area contributed by atoms with Crippen LogP contribution in [0, 0.1) is 0 Å². The summed E-state index contributed by atoms with van der Waals surface area (Å²) >= 11 is 0. The molecule has 0 amide bonds. The second kappa shape index (κ2) is 6.80. The third-order valence-corrected chi connectivity index (χ3v) is 3.52. The Morgan fingerprint density at radius 2 is 2.32 bits per heavy atom. The Morgan fingerprint density at radius 1 is 1.47 bits per heavy atom.